The second kappa shape index (κ2) is 16.4. The Kier molecular flexibility index (Phi) is 16.4. The van der Waals surface area contributed by atoms with Gasteiger partial charge < -0.3 is 32.6 Å². The van der Waals surface area contributed by atoms with E-state index in [-0.39, 0.29) is 13.2 Å². The van der Waals surface area contributed by atoms with E-state index in [0.717, 1.165) is 6.42 Å². The van der Waals surface area contributed by atoms with Crippen LogP contribution in [0, 0.1) is 0 Å². The Morgan fingerprint density at radius 2 is 1.21 bits per heavy atom. The highest BCUT2D eigenvalue weighted by molar-refractivity contribution is 6.60. The third kappa shape index (κ3) is 12.3. The first-order chi connectivity index (χ1) is 11.6. The highest BCUT2D eigenvalue weighted by Gasteiger charge is 2.39. The molecule has 1 atom stereocenters. The Bertz CT molecular complexity index is 252. The molecule has 0 radical (unpaired) electrons. The van der Waals surface area contributed by atoms with Crippen molar-refractivity contribution in [2.24, 2.45) is 0 Å². The standard InChI is InChI=1S/C16H36O7Si/c1-5-18-11-12-20-15-16(17)14-19-10-9-13-24(21-6-2,22-7-3)23-8-4/h16-17H,5-15H2,1-4H3. The summed E-state index contributed by atoms with van der Waals surface area (Å²) in [6.45, 7) is 12.2. The average Bonchev–Trinajstić information content (AvgIpc) is 2.55. The molecule has 0 aromatic carbocycles. The topological polar surface area (TPSA) is 75.6 Å². The van der Waals surface area contributed by atoms with Crippen molar-refractivity contribution in [1.29, 1.82) is 0 Å². The normalized spacial score (nSPS) is 13.4. The molecule has 0 aromatic heterocycles. The van der Waals surface area contributed by atoms with Crippen LogP contribution in [0.15, 0.2) is 0 Å². The highest BCUT2D eigenvalue weighted by atomic mass is 28.4. The maximum atomic E-state index is 9.76. The molecule has 0 fully saturated rings. The van der Waals surface area contributed by atoms with Crippen LogP contribution in [0.2, 0.25) is 6.04 Å². The van der Waals surface area contributed by atoms with Crippen molar-refractivity contribution in [2.75, 3.05) is 59.5 Å². The van der Waals surface area contributed by atoms with Gasteiger partial charge in [0.15, 0.2) is 0 Å². The summed E-state index contributed by atoms with van der Waals surface area (Å²) in [4.78, 5) is 0. The molecule has 0 aliphatic carbocycles. The second-order valence-corrected chi connectivity index (χ2v) is 7.82. The molecule has 0 saturated carbocycles. The minimum Gasteiger partial charge on any atom is -0.388 e. The van der Waals surface area contributed by atoms with Gasteiger partial charge in [0.25, 0.3) is 0 Å². The number of rotatable bonds is 18. The van der Waals surface area contributed by atoms with Crippen LogP contribution in [0.5, 0.6) is 0 Å². The van der Waals surface area contributed by atoms with Gasteiger partial charge in [-0.1, -0.05) is 0 Å². The van der Waals surface area contributed by atoms with Gasteiger partial charge in [-0.2, -0.15) is 0 Å². The number of ether oxygens (including phenoxy) is 3. The van der Waals surface area contributed by atoms with Gasteiger partial charge in [0.2, 0.25) is 0 Å². The van der Waals surface area contributed by atoms with E-state index in [2.05, 4.69) is 0 Å². The predicted molar refractivity (Wildman–Crippen MR) is 94.2 cm³/mol. The van der Waals surface area contributed by atoms with E-state index in [4.69, 9.17) is 27.5 Å². The lowest BCUT2D eigenvalue weighted by Crippen LogP contribution is -2.46. The molecular weight excluding hydrogens is 332 g/mol. The van der Waals surface area contributed by atoms with E-state index in [1.54, 1.807) is 0 Å². The average molecular weight is 369 g/mol. The fraction of sp³-hybridized carbons (Fsp3) is 1.00. The van der Waals surface area contributed by atoms with Crippen LogP contribution in [0.25, 0.3) is 0 Å². The van der Waals surface area contributed by atoms with Gasteiger partial charge in [-0.05, 0) is 34.1 Å². The third-order valence-electron chi connectivity index (χ3n) is 3.06. The molecule has 0 amide bonds. The van der Waals surface area contributed by atoms with Gasteiger partial charge in [0.05, 0.1) is 26.4 Å². The SMILES string of the molecule is CCOCCOCC(O)COCCC[Si](OCC)(OCC)OCC. The Hall–Kier alpha value is -0.0631. The van der Waals surface area contributed by atoms with Crippen LogP contribution in [0.1, 0.15) is 34.1 Å². The van der Waals surface area contributed by atoms with Gasteiger partial charge in [-0.3, -0.25) is 0 Å². The summed E-state index contributed by atoms with van der Waals surface area (Å²) in [6.07, 6.45) is 0.142. The summed E-state index contributed by atoms with van der Waals surface area (Å²) in [5, 5.41) is 9.76. The summed E-state index contributed by atoms with van der Waals surface area (Å²) < 4.78 is 33.3. The fourth-order valence-corrected chi connectivity index (χ4v) is 4.72. The summed E-state index contributed by atoms with van der Waals surface area (Å²) >= 11 is 0. The van der Waals surface area contributed by atoms with Crippen molar-refractivity contribution in [3.8, 4) is 0 Å². The van der Waals surface area contributed by atoms with Crippen molar-refractivity contribution in [2.45, 2.75) is 46.3 Å². The van der Waals surface area contributed by atoms with E-state index in [1.165, 1.54) is 0 Å². The zero-order valence-corrected chi connectivity index (χ0v) is 16.8. The number of hydrogen-bond donors (Lipinski definition) is 1. The Labute approximate surface area is 147 Å². The van der Waals surface area contributed by atoms with Gasteiger partial charge in [0, 0.05) is 39.1 Å². The molecular formula is C16H36O7Si. The van der Waals surface area contributed by atoms with E-state index >= 15 is 0 Å². The molecule has 0 spiro atoms. The maximum Gasteiger partial charge on any atom is 0.501 e. The smallest absolute Gasteiger partial charge is 0.388 e. The van der Waals surface area contributed by atoms with E-state index in [1.807, 2.05) is 27.7 Å². The molecule has 1 unspecified atom stereocenters. The van der Waals surface area contributed by atoms with Gasteiger partial charge in [0.1, 0.15) is 6.10 Å². The zero-order valence-electron chi connectivity index (χ0n) is 15.8. The molecule has 0 heterocycles. The predicted octanol–water partition coefficient (Wildman–Crippen LogP) is 1.86. The van der Waals surface area contributed by atoms with Crippen LogP contribution in [-0.4, -0.2) is 79.5 Å². The lowest BCUT2D eigenvalue weighted by Gasteiger charge is -2.28. The fourth-order valence-electron chi connectivity index (χ4n) is 2.14. The molecule has 0 aliphatic rings. The molecule has 0 aromatic rings. The zero-order chi connectivity index (χ0) is 18.1. The summed E-state index contributed by atoms with van der Waals surface area (Å²) in [7, 11) is -2.59. The van der Waals surface area contributed by atoms with Crippen LogP contribution in [-0.2, 0) is 27.5 Å². The summed E-state index contributed by atoms with van der Waals surface area (Å²) in [5.41, 5.74) is 0. The number of aliphatic hydroxyl groups excluding tert-OH is 1. The Morgan fingerprint density at radius 1 is 0.708 bits per heavy atom. The Balaban J connectivity index is 3.83. The lowest BCUT2D eigenvalue weighted by atomic mass is 10.4. The first-order valence-electron chi connectivity index (χ1n) is 8.97. The van der Waals surface area contributed by atoms with Crippen molar-refractivity contribution in [1.82, 2.24) is 0 Å². The molecule has 0 rings (SSSR count). The maximum absolute atomic E-state index is 9.76. The molecule has 0 bridgehead atoms. The minimum absolute atomic E-state index is 0.251. The van der Waals surface area contributed by atoms with Gasteiger partial charge in [-0.25, -0.2) is 0 Å². The number of aliphatic hydroxyl groups is 1. The van der Waals surface area contributed by atoms with Crippen molar-refractivity contribution >= 4 is 8.80 Å². The molecule has 0 saturated heterocycles. The molecule has 146 valence electrons. The quantitative estimate of drug-likeness (QED) is 0.292. The van der Waals surface area contributed by atoms with E-state index < -0.39 is 14.9 Å². The third-order valence-corrected chi connectivity index (χ3v) is 6.21. The van der Waals surface area contributed by atoms with Crippen molar-refractivity contribution in [3.05, 3.63) is 0 Å². The summed E-state index contributed by atoms with van der Waals surface area (Å²) in [6, 6.07) is 0.712. The lowest BCUT2D eigenvalue weighted by molar-refractivity contribution is -0.0315. The van der Waals surface area contributed by atoms with Crippen LogP contribution >= 0.6 is 0 Å². The van der Waals surface area contributed by atoms with Crippen LogP contribution < -0.4 is 0 Å². The molecule has 1 N–H and O–H groups in total. The van der Waals surface area contributed by atoms with Gasteiger partial charge in [-0.15, -0.1) is 0 Å². The van der Waals surface area contributed by atoms with Gasteiger partial charge >= 0.3 is 8.80 Å². The van der Waals surface area contributed by atoms with E-state index in [0.29, 0.717) is 52.3 Å². The number of hydrogen-bond acceptors (Lipinski definition) is 7. The molecule has 0 aliphatic heterocycles. The highest BCUT2D eigenvalue weighted by Crippen LogP contribution is 2.18. The van der Waals surface area contributed by atoms with E-state index in [9.17, 15) is 5.11 Å². The van der Waals surface area contributed by atoms with Crippen molar-refractivity contribution < 1.29 is 32.6 Å². The van der Waals surface area contributed by atoms with Crippen LogP contribution in [0.3, 0.4) is 0 Å². The summed E-state index contributed by atoms with van der Waals surface area (Å²) in [5.74, 6) is 0. The minimum atomic E-state index is -2.59. The first kappa shape index (κ1) is 23.9. The molecule has 8 heteroatoms. The monoisotopic (exact) mass is 368 g/mol. The first-order valence-corrected chi connectivity index (χ1v) is 10.9. The van der Waals surface area contributed by atoms with Crippen LogP contribution in [0.4, 0.5) is 0 Å². The molecule has 7 nitrogen and oxygen atoms in total. The van der Waals surface area contributed by atoms with Crippen molar-refractivity contribution in [3.63, 3.8) is 0 Å². The largest absolute Gasteiger partial charge is 0.501 e. The molecule has 24 heavy (non-hydrogen) atoms. The second-order valence-electron chi connectivity index (χ2n) is 5.09. The Morgan fingerprint density at radius 3 is 1.71 bits per heavy atom.